The Labute approximate surface area is 102 Å². The molecule has 1 aromatic carbocycles. The van der Waals surface area contributed by atoms with Crippen LogP contribution in [0.5, 0.6) is 0 Å². The summed E-state index contributed by atoms with van der Waals surface area (Å²) >= 11 is 0. The van der Waals surface area contributed by atoms with E-state index in [1.807, 2.05) is 0 Å². The summed E-state index contributed by atoms with van der Waals surface area (Å²) < 4.78 is 5.17. The largest absolute Gasteiger partial charge is 0.464 e. The van der Waals surface area contributed by atoms with E-state index in [-0.39, 0.29) is 11.0 Å². The SMILES string of the molecule is N#CC(C#N)=CNc1ccc2occc(=O)c2c1. The molecule has 1 heterocycles. The van der Waals surface area contributed by atoms with Gasteiger partial charge in [-0.05, 0) is 18.2 Å². The van der Waals surface area contributed by atoms with E-state index in [1.165, 1.54) is 18.5 Å². The molecule has 1 aromatic heterocycles. The van der Waals surface area contributed by atoms with Crippen LogP contribution in [0.25, 0.3) is 11.0 Å². The third-order valence-electron chi connectivity index (χ3n) is 2.28. The summed E-state index contributed by atoms with van der Waals surface area (Å²) in [5, 5.41) is 20.4. The maximum Gasteiger partial charge on any atom is 0.192 e. The van der Waals surface area contributed by atoms with Gasteiger partial charge in [-0.3, -0.25) is 4.79 Å². The minimum Gasteiger partial charge on any atom is -0.464 e. The number of rotatable bonds is 2. The smallest absolute Gasteiger partial charge is 0.192 e. The average Bonchev–Trinajstić information content (AvgIpc) is 2.41. The number of hydrogen-bond acceptors (Lipinski definition) is 5. The van der Waals surface area contributed by atoms with Gasteiger partial charge in [0.1, 0.15) is 23.3 Å². The third kappa shape index (κ3) is 2.21. The van der Waals surface area contributed by atoms with Crippen LogP contribution in [0.3, 0.4) is 0 Å². The van der Waals surface area contributed by atoms with Crippen molar-refractivity contribution in [1.82, 2.24) is 0 Å². The van der Waals surface area contributed by atoms with Gasteiger partial charge in [0.05, 0.1) is 11.6 Å². The highest BCUT2D eigenvalue weighted by Gasteiger charge is 2.01. The highest BCUT2D eigenvalue weighted by atomic mass is 16.3. The first kappa shape index (κ1) is 11.4. The molecule has 0 atom stereocenters. The monoisotopic (exact) mass is 237 g/mol. The van der Waals surface area contributed by atoms with Crippen molar-refractivity contribution in [2.75, 3.05) is 5.32 Å². The van der Waals surface area contributed by atoms with E-state index in [1.54, 1.807) is 30.3 Å². The van der Waals surface area contributed by atoms with Crippen LogP contribution in [0.1, 0.15) is 0 Å². The second-order valence-electron chi connectivity index (χ2n) is 3.42. The minimum absolute atomic E-state index is 0.0461. The second kappa shape index (κ2) is 4.86. The molecule has 5 heteroatoms. The van der Waals surface area contributed by atoms with Gasteiger partial charge in [-0.1, -0.05) is 0 Å². The Kier molecular flexibility index (Phi) is 3.08. The summed E-state index contributed by atoms with van der Waals surface area (Å²) in [5.41, 5.74) is 0.890. The van der Waals surface area contributed by atoms with Crippen molar-refractivity contribution in [2.24, 2.45) is 0 Å². The second-order valence-corrected chi connectivity index (χ2v) is 3.42. The zero-order valence-electron chi connectivity index (χ0n) is 9.18. The summed E-state index contributed by atoms with van der Waals surface area (Å²) in [5.74, 6) is 0. The van der Waals surface area contributed by atoms with Crippen molar-refractivity contribution in [1.29, 1.82) is 10.5 Å². The molecule has 0 aliphatic rings. The van der Waals surface area contributed by atoms with Crippen LogP contribution in [0.2, 0.25) is 0 Å². The quantitative estimate of drug-likeness (QED) is 0.808. The maximum atomic E-state index is 11.6. The molecule has 2 rings (SSSR count). The number of nitrogens with one attached hydrogen (secondary N) is 1. The summed E-state index contributed by atoms with van der Waals surface area (Å²) in [7, 11) is 0. The number of fused-ring (bicyclic) bond motifs is 1. The van der Waals surface area contributed by atoms with Gasteiger partial charge in [-0.25, -0.2) is 0 Å². The molecule has 0 saturated carbocycles. The van der Waals surface area contributed by atoms with Crippen LogP contribution in [-0.2, 0) is 0 Å². The zero-order valence-corrected chi connectivity index (χ0v) is 9.18. The Balaban J connectivity index is 2.41. The number of allylic oxidation sites excluding steroid dienone is 1. The summed E-state index contributed by atoms with van der Waals surface area (Å²) in [6, 6.07) is 9.72. The van der Waals surface area contributed by atoms with Crippen LogP contribution in [0.4, 0.5) is 5.69 Å². The van der Waals surface area contributed by atoms with Crippen molar-refractivity contribution in [3.63, 3.8) is 0 Å². The molecule has 5 nitrogen and oxygen atoms in total. The molecule has 0 fully saturated rings. The van der Waals surface area contributed by atoms with Gasteiger partial charge in [0, 0.05) is 18.0 Å². The van der Waals surface area contributed by atoms with Gasteiger partial charge in [-0.15, -0.1) is 0 Å². The lowest BCUT2D eigenvalue weighted by atomic mass is 10.2. The molecular weight excluding hydrogens is 230 g/mol. The summed E-state index contributed by atoms with van der Waals surface area (Å²) in [4.78, 5) is 11.6. The Morgan fingerprint density at radius 2 is 2.06 bits per heavy atom. The summed E-state index contributed by atoms with van der Waals surface area (Å²) in [6.07, 6.45) is 2.62. The fraction of sp³-hybridized carbons (Fsp3) is 0. The fourth-order valence-corrected chi connectivity index (χ4v) is 1.42. The van der Waals surface area contributed by atoms with Gasteiger partial charge in [-0.2, -0.15) is 10.5 Å². The molecule has 0 spiro atoms. The van der Waals surface area contributed by atoms with Gasteiger partial charge >= 0.3 is 0 Å². The maximum absolute atomic E-state index is 11.6. The lowest BCUT2D eigenvalue weighted by molar-refractivity contribution is 0.602. The van der Waals surface area contributed by atoms with Gasteiger partial charge in [0.15, 0.2) is 5.43 Å². The molecule has 0 radical (unpaired) electrons. The molecule has 18 heavy (non-hydrogen) atoms. The molecule has 0 saturated heterocycles. The van der Waals surface area contributed by atoms with E-state index in [2.05, 4.69) is 5.32 Å². The van der Waals surface area contributed by atoms with E-state index < -0.39 is 0 Å². The molecule has 0 aliphatic heterocycles. The zero-order chi connectivity index (χ0) is 13.0. The third-order valence-corrected chi connectivity index (χ3v) is 2.28. The lowest BCUT2D eigenvalue weighted by Gasteiger charge is -2.01. The first-order valence-electron chi connectivity index (χ1n) is 5.03. The highest BCUT2D eigenvalue weighted by molar-refractivity contribution is 5.80. The molecule has 0 unspecified atom stereocenters. The van der Waals surface area contributed by atoms with Crippen LogP contribution < -0.4 is 10.7 Å². The number of hydrogen-bond donors (Lipinski definition) is 1. The van der Waals surface area contributed by atoms with Crippen LogP contribution in [0, 0.1) is 22.7 Å². The van der Waals surface area contributed by atoms with Gasteiger partial charge in [0.2, 0.25) is 0 Å². The Bertz CT molecular complexity index is 744. The molecule has 0 aliphatic carbocycles. The summed E-state index contributed by atoms with van der Waals surface area (Å²) in [6.45, 7) is 0. The predicted octanol–water partition coefficient (Wildman–Crippen LogP) is 2.14. The van der Waals surface area contributed by atoms with Crippen LogP contribution >= 0.6 is 0 Å². The van der Waals surface area contributed by atoms with E-state index in [0.29, 0.717) is 16.7 Å². The van der Waals surface area contributed by atoms with Crippen LogP contribution in [0.15, 0.2) is 51.5 Å². The van der Waals surface area contributed by atoms with Crippen LogP contribution in [-0.4, -0.2) is 0 Å². The normalized spacial score (nSPS) is 9.22. The molecule has 2 aromatic rings. The lowest BCUT2D eigenvalue weighted by Crippen LogP contribution is -1.99. The topological polar surface area (TPSA) is 89.8 Å². The Hall–Kier alpha value is -3.05. The van der Waals surface area contributed by atoms with Gasteiger partial charge in [0.25, 0.3) is 0 Å². The van der Waals surface area contributed by atoms with Crippen molar-refractivity contribution in [3.8, 4) is 12.1 Å². The van der Waals surface area contributed by atoms with E-state index in [9.17, 15) is 4.79 Å². The highest BCUT2D eigenvalue weighted by Crippen LogP contribution is 2.16. The van der Waals surface area contributed by atoms with Crippen molar-refractivity contribution in [3.05, 3.63) is 52.5 Å². The minimum atomic E-state index is -0.148. The molecule has 0 bridgehead atoms. The number of nitrogens with zero attached hydrogens (tertiary/aromatic N) is 2. The predicted molar refractivity (Wildman–Crippen MR) is 65.4 cm³/mol. The van der Waals surface area contributed by atoms with E-state index in [4.69, 9.17) is 14.9 Å². The molecule has 1 N–H and O–H groups in total. The number of nitriles is 2. The standard InChI is InChI=1S/C13H7N3O2/c14-6-9(7-15)8-16-10-1-2-13-11(5-10)12(17)3-4-18-13/h1-5,8,16H. The first-order valence-corrected chi connectivity index (χ1v) is 5.03. The van der Waals surface area contributed by atoms with Crippen molar-refractivity contribution in [2.45, 2.75) is 0 Å². The molecule has 0 amide bonds. The van der Waals surface area contributed by atoms with Crippen molar-refractivity contribution < 1.29 is 4.42 Å². The van der Waals surface area contributed by atoms with E-state index >= 15 is 0 Å². The molecular formula is C13H7N3O2. The average molecular weight is 237 g/mol. The number of benzene rings is 1. The molecule has 86 valence electrons. The number of anilines is 1. The van der Waals surface area contributed by atoms with E-state index in [0.717, 1.165) is 0 Å². The Morgan fingerprint density at radius 3 is 2.78 bits per heavy atom. The first-order chi connectivity index (χ1) is 8.74. The van der Waals surface area contributed by atoms with Gasteiger partial charge < -0.3 is 9.73 Å². The fourth-order valence-electron chi connectivity index (χ4n) is 1.42. The Morgan fingerprint density at radius 1 is 1.28 bits per heavy atom. The van der Waals surface area contributed by atoms with Crippen molar-refractivity contribution >= 4 is 16.7 Å².